The smallest absolute Gasteiger partial charge is 0.262 e. The molecular weight excluding hydrogens is 450 g/mol. The minimum absolute atomic E-state index is 0.0339. The van der Waals surface area contributed by atoms with Crippen molar-refractivity contribution < 1.29 is 18.0 Å². The molecule has 32 heavy (non-hydrogen) atoms. The number of nitrogens with two attached hydrogens (primary N) is 1. The van der Waals surface area contributed by atoms with E-state index in [1.165, 1.54) is 21.8 Å². The molecule has 2 amide bonds. The van der Waals surface area contributed by atoms with Crippen molar-refractivity contribution in [2.45, 2.75) is 56.9 Å². The Balaban J connectivity index is 1.44. The van der Waals surface area contributed by atoms with Crippen LogP contribution in [0.15, 0.2) is 11.2 Å². The van der Waals surface area contributed by atoms with Gasteiger partial charge < -0.3 is 15.6 Å². The Hall–Kier alpha value is -2.24. The number of primary amides is 1. The van der Waals surface area contributed by atoms with E-state index in [0.717, 1.165) is 42.5 Å². The van der Waals surface area contributed by atoms with E-state index in [4.69, 9.17) is 5.73 Å². The van der Waals surface area contributed by atoms with Gasteiger partial charge in [-0.25, -0.2) is 13.4 Å². The van der Waals surface area contributed by atoms with Gasteiger partial charge >= 0.3 is 0 Å². The second-order valence-corrected chi connectivity index (χ2v) is 11.5. The minimum Gasteiger partial charge on any atom is -0.365 e. The summed E-state index contributed by atoms with van der Waals surface area (Å²) < 4.78 is 28.8. The number of aryl methyl sites for hydroxylation is 3. The number of carbonyl (C=O) groups excluding carboxylic acids is 2. The topological polar surface area (TPSA) is 127 Å². The first kappa shape index (κ1) is 22.9. The van der Waals surface area contributed by atoms with Gasteiger partial charge in [0.05, 0.1) is 5.56 Å². The summed E-state index contributed by atoms with van der Waals surface area (Å²) in [6, 6.07) is 0. The average Bonchev–Trinajstić information content (AvgIpc) is 3.18. The quantitative estimate of drug-likeness (QED) is 0.636. The van der Waals surface area contributed by atoms with Crippen LogP contribution in [0.25, 0.3) is 0 Å². The second-order valence-electron chi connectivity index (χ2n) is 8.54. The van der Waals surface area contributed by atoms with Crippen molar-refractivity contribution in [3.8, 4) is 0 Å². The zero-order valence-electron chi connectivity index (χ0n) is 18.4. The van der Waals surface area contributed by atoms with E-state index in [2.05, 4.69) is 10.3 Å². The fraction of sp³-hybridized carbons (Fsp3) is 0.571. The first-order valence-electron chi connectivity index (χ1n) is 10.9. The molecule has 174 valence electrons. The lowest BCUT2D eigenvalue weighted by molar-refractivity contribution is -0.120. The number of anilines is 1. The van der Waals surface area contributed by atoms with Gasteiger partial charge in [0.25, 0.3) is 15.9 Å². The van der Waals surface area contributed by atoms with Gasteiger partial charge in [-0.1, -0.05) is 6.42 Å². The highest BCUT2D eigenvalue weighted by atomic mass is 32.2. The summed E-state index contributed by atoms with van der Waals surface area (Å²) in [4.78, 5) is 30.4. The first-order chi connectivity index (χ1) is 15.2. The number of nitrogens with one attached hydrogen (secondary N) is 1. The molecule has 2 aromatic rings. The van der Waals surface area contributed by atoms with Crippen LogP contribution in [0.4, 0.5) is 5.00 Å². The Morgan fingerprint density at radius 2 is 1.88 bits per heavy atom. The molecule has 1 aliphatic heterocycles. The van der Waals surface area contributed by atoms with Crippen molar-refractivity contribution in [3.05, 3.63) is 28.0 Å². The zero-order valence-corrected chi connectivity index (χ0v) is 20.0. The molecule has 0 spiro atoms. The standard InChI is InChI=1S/C21H29N5O4S2/c1-13-23-17(12-25(13)2)32(29,30)26-10-8-14(9-11-26)20(28)24-21-18(19(22)27)15-6-4-3-5-7-16(15)31-21/h12,14H,3-11H2,1-2H3,(H2,22,27)(H,24,28). The largest absolute Gasteiger partial charge is 0.365 e. The first-order valence-corrected chi connectivity index (χ1v) is 13.2. The molecular formula is C21H29N5O4S2. The third-order valence-corrected chi connectivity index (χ3v) is 9.40. The fourth-order valence-electron chi connectivity index (χ4n) is 4.45. The van der Waals surface area contributed by atoms with Crippen LogP contribution in [0, 0.1) is 12.8 Å². The third kappa shape index (κ3) is 4.33. The number of aromatic nitrogens is 2. The summed E-state index contributed by atoms with van der Waals surface area (Å²) >= 11 is 1.45. The number of sulfonamides is 1. The fourth-order valence-corrected chi connectivity index (χ4v) is 7.24. The average molecular weight is 480 g/mol. The lowest BCUT2D eigenvalue weighted by atomic mass is 9.97. The number of fused-ring (bicyclic) bond motifs is 1. The molecule has 4 rings (SSSR count). The summed E-state index contributed by atoms with van der Waals surface area (Å²) in [5.74, 6) is -0.395. The van der Waals surface area contributed by atoms with Gasteiger partial charge in [0, 0.05) is 37.1 Å². The normalized spacial score (nSPS) is 18.2. The molecule has 0 atom stereocenters. The molecule has 9 nitrogen and oxygen atoms in total. The highest BCUT2D eigenvalue weighted by Gasteiger charge is 2.34. The highest BCUT2D eigenvalue weighted by Crippen LogP contribution is 2.38. The van der Waals surface area contributed by atoms with Gasteiger partial charge in [-0.15, -0.1) is 11.3 Å². The Labute approximate surface area is 192 Å². The van der Waals surface area contributed by atoms with Crippen molar-refractivity contribution in [1.82, 2.24) is 13.9 Å². The van der Waals surface area contributed by atoms with Gasteiger partial charge in [0.1, 0.15) is 10.8 Å². The van der Waals surface area contributed by atoms with Gasteiger partial charge in [-0.2, -0.15) is 4.31 Å². The van der Waals surface area contributed by atoms with E-state index < -0.39 is 15.9 Å². The van der Waals surface area contributed by atoms with E-state index in [9.17, 15) is 18.0 Å². The molecule has 0 aromatic carbocycles. The SMILES string of the molecule is Cc1nc(S(=O)(=O)N2CCC(C(=O)Nc3sc4c(c3C(N)=O)CCCCC4)CC2)cn1C. The molecule has 3 N–H and O–H groups in total. The molecule has 1 aliphatic carbocycles. The van der Waals surface area contributed by atoms with Crippen LogP contribution in [0.2, 0.25) is 0 Å². The maximum atomic E-state index is 13.0. The monoisotopic (exact) mass is 479 g/mol. The van der Waals surface area contributed by atoms with E-state index >= 15 is 0 Å². The predicted molar refractivity (Wildman–Crippen MR) is 122 cm³/mol. The maximum absolute atomic E-state index is 13.0. The Morgan fingerprint density at radius 3 is 2.50 bits per heavy atom. The summed E-state index contributed by atoms with van der Waals surface area (Å²) in [7, 11) is -1.93. The lowest BCUT2D eigenvalue weighted by Crippen LogP contribution is -2.41. The summed E-state index contributed by atoms with van der Waals surface area (Å²) in [5, 5.41) is 3.50. The number of piperidine rings is 1. The number of rotatable bonds is 5. The third-order valence-electron chi connectivity index (χ3n) is 6.42. The van der Waals surface area contributed by atoms with Crippen LogP contribution in [0.3, 0.4) is 0 Å². The van der Waals surface area contributed by atoms with Crippen LogP contribution in [-0.2, 0) is 34.7 Å². The van der Waals surface area contributed by atoms with E-state index in [0.29, 0.717) is 29.2 Å². The van der Waals surface area contributed by atoms with Crippen molar-refractivity contribution in [3.63, 3.8) is 0 Å². The van der Waals surface area contributed by atoms with Crippen LogP contribution >= 0.6 is 11.3 Å². The Morgan fingerprint density at radius 1 is 1.19 bits per heavy atom. The molecule has 0 saturated carbocycles. The van der Waals surface area contributed by atoms with Crippen LogP contribution < -0.4 is 11.1 Å². The lowest BCUT2D eigenvalue weighted by Gasteiger charge is -2.29. The van der Waals surface area contributed by atoms with Crippen LogP contribution in [0.5, 0.6) is 0 Å². The number of hydrogen-bond donors (Lipinski definition) is 2. The van der Waals surface area contributed by atoms with E-state index in [-0.39, 0.29) is 29.9 Å². The molecule has 0 radical (unpaired) electrons. The van der Waals surface area contributed by atoms with Gasteiger partial charge in [0.2, 0.25) is 5.91 Å². The maximum Gasteiger partial charge on any atom is 0.262 e. The van der Waals surface area contributed by atoms with Gasteiger partial charge in [-0.3, -0.25) is 9.59 Å². The number of imidazole rings is 1. The molecule has 2 aliphatic rings. The Bertz CT molecular complexity index is 1120. The molecule has 1 fully saturated rings. The molecule has 3 heterocycles. The summed E-state index contributed by atoms with van der Waals surface area (Å²) in [5.41, 5.74) is 7.10. The van der Waals surface area contributed by atoms with Crippen molar-refractivity contribution >= 4 is 38.2 Å². The molecule has 1 saturated heterocycles. The number of hydrogen-bond acceptors (Lipinski definition) is 6. The molecule has 11 heteroatoms. The van der Waals surface area contributed by atoms with Crippen molar-refractivity contribution in [2.24, 2.45) is 18.7 Å². The zero-order chi connectivity index (χ0) is 23.0. The minimum atomic E-state index is -3.68. The van der Waals surface area contributed by atoms with Crippen LogP contribution in [-0.4, -0.2) is 47.2 Å². The number of thiophene rings is 1. The molecule has 2 aromatic heterocycles. The number of amides is 2. The van der Waals surface area contributed by atoms with E-state index in [1.54, 1.807) is 18.5 Å². The summed E-state index contributed by atoms with van der Waals surface area (Å²) in [6.07, 6.45) is 7.25. The second kappa shape index (κ2) is 8.95. The van der Waals surface area contributed by atoms with Gasteiger partial charge in [-0.05, 0) is 51.0 Å². The van der Waals surface area contributed by atoms with Crippen LogP contribution in [0.1, 0.15) is 58.7 Å². The van der Waals surface area contributed by atoms with Crippen molar-refractivity contribution in [2.75, 3.05) is 18.4 Å². The summed E-state index contributed by atoms with van der Waals surface area (Å²) in [6.45, 7) is 2.25. The molecule has 0 unspecified atom stereocenters. The molecule has 0 bridgehead atoms. The van der Waals surface area contributed by atoms with E-state index in [1.807, 2.05) is 0 Å². The van der Waals surface area contributed by atoms with Crippen molar-refractivity contribution in [1.29, 1.82) is 0 Å². The highest BCUT2D eigenvalue weighted by molar-refractivity contribution is 7.89. The number of nitrogens with zero attached hydrogens (tertiary/aromatic N) is 3. The predicted octanol–water partition coefficient (Wildman–Crippen LogP) is 2.20. The van der Waals surface area contributed by atoms with Gasteiger partial charge in [0.15, 0.2) is 5.03 Å². The Kier molecular flexibility index (Phi) is 6.42. The number of carbonyl (C=O) groups is 2.